The van der Waals surface area contributed by atoms with E-state index in [0.717, 1.165) is 15.8 Å². The van der Waals surface area contributed by atoms with Gasteiger partial charge in [-0.1, -0.05) is 59.3 Å². The number of hydrogen-bond donors (Lipinski definition) is 0. The van der Waals surface area contributed by atoms with Crippen LogP contribution in [0.15, 0.2) is 72.3 Å². The zero-order valence-corrected chi connectivity index (χ0v) is 14.4. The summed E-state index contributed by atoms with van der Waals surface area (Å²) in [5.41, 5.74) is 1.84. The fourth-order valence-electron chi connectivity index (χ4n) is 2.31. The summed E-state index contributed by atoms with van der Waals surface area (Å²) in [6.45, 7) is 4.38. The number of para-hydroxylation sites is 1. The van der Waals surface area contributed by atoms with Crippen LogP contribution >= 0.6 is 22.9 Å². The van der Waals surface area contributed by atoms with E-state index >= 15 is 0 Å². The lowest BCUT2D eigenvalue weighted by Crippen LogP contribution is -2.15. The van der Waals surface area contributed by atoms with Gasteiger partial charge in [0.1, 0.15) is 0 Å². The van der Waals surface area contributed by atoms with Crippen molar-refractivity contribution in [3.63, 3.8) is 0 Å². The van der Waals surface area contributed by atoms with Gasteiger partial charge in [-0.05, 0) is 29.8 Å². The topological polar surface area (TPSA) is 34.4 Å². The Morgan fingerprint density at radius 3 is 2.75 bits per heavy atom. The summed E-state index contributed by atoms with van der Waals surface area (Å²) >= 11 is 7.57. The molecule has 120 valence electrons. The average Bonchev–Trinajstić information content (AvgIpc) is 2.92. The van der Waals surface area contributed by atoms with Gasteiger partial charge in [-0.2, -0.15) is 4.99 Å². The van der Waals surface area contributed by atoms with Crippen LogP contribution in [-0.4, -0.2) is 10.5 Å². The van der Waals surface area contributed by atoms with Gasteiger partial charge in [-0.15, -0.1) is 6.58 Å². The van der Waals surface area contributed by atoms with Crippen LogP contribution in [0.2, 0.25) is 5.02 Å². The Balaban J connectivity index is 1.97. The standard InChI is InChI=1S/C19H15ClN2OS/c1-2-13-22-16-9-5-6-10-17(16)24-19(22)21-18(23)12-11-14-7-3-4-8-15(14)20/h2-12H,1,13H2. The largest absolute Gasteiger partial charge is 0.312 e. The molecule has 3 nitrogen and oxygen atoms in total. The van der Waals surface area contributed by atoms with Gasteiger partial charge >= 0.3 is 0 Å². The molecular weight excluding hydrogens is 340 g/mol. The SMILES string of the molecule is C=CCn1c(=NC(=O)C=Cc2ccccc2Cl)sc2ccccc21. The van der Waals surface area contributed by atoms with Gasteiger partial charge in [-0.25, -0.2) is 0 Å². The van der Waals surface area contributed by atoms with Gasteiger partial charge in [0.2, 0.25) is 0 Å². The molecule has 0 spiro atoms. The molecule has 0 fully saturated rings. The fraction of sp³-hybridized carbons (Fsp3) is 0.0526. The second-order valence-corrected chi connectivity index (χ2v) is 6.47. The monoisotopic (exact) mass is 354 g/mol. The molecule has 0 unspecified atom stereocenters. The first-order valence-corrected chi connectivity index (χ1v) is 8.59. The first kappa shape index (κ1) is 16.4. The minimum Gasteiger partial charge on any atom is -0.312 e. The molecule has 0 atom stereocenters. The van der Waals surface area contributed by atoms with E-state index in [1.54, 1.807) is 18.2 Å². The lowest BCUT2D eigenvalue weighted by Gasteiger charge is -1.99. The van der Waals surface area contributed by atoms with E-state index in [1.165, 1.54) is 17.4 Å². The van der Waals surface area contributed by atoms with E-state index in [1.807, 2.05) is 47.0 Å². The highest BCUT2D eigenvalue weighted by Crippen LogP contribution is 2.17. The summed E-state index contributed by atoms with van der Waals surface area (Å²) in [5, 5.41) is 0.602. The van der Waals surface area contributed by atoms with Gasteiger partial charge in [0.15, 0.2) is 4.80 Å². The Kier molecular flexibility index (Phi) is 5.08. The summed E-state index contributed by atoms with van der Waals surface area (Å²) in [6.07, 6.45) is 4.91. The van der Waals surface area contributed by atoms with E-state index in [2.05, 4.69) is 11.6 Å². The number of carbonyl (C=O) groups is 1. The Morgan fingerprint density at radius 1 is 1.21 bits per heavy atom. The van der Waals surface area contributed by atoms with Crippen LogP contribution in [0.1, 0.15) is 5.56 Å². The Labute approximate surface area is 148 Å². The third-order valence-corrected chi connectivity index (χ3v) is 4.82. The first-order valence-electron chi connectivity index (χ1n) is 7.39. The van der Waals surface area contributed by atoms with E-state index < -0.39 is 0 Å². The molecule has 0 N–H and O–H groups in total. The molecule has 2 aromatic carbocycles. The predicted molar refractivity (Wildman–Crippen MR) is 101 cm³/mol. The molecule has 0 aliphatic carbocycles. The summed E-state index contributed by atoms with van der Waals surface area (Å²) in [7, 11) is 0. The number of aromatic nitrogens is 1. The molecule has 3 rings (SSSR count). The molecule has 1 heterocycles. The number of halogens is 1. The zero-order chi connectivity index (χ0) is 16.9. The number of allylic oxidation sites excluding steroid dienone is 1. The Hall–Kier alpha value is -2.43. The summed E-state index contributed by atoms with van der Waals surface area (Å²) in [5.74, 6) is -0.320. The third kappa shape index (κ3) is 3.55. The molecule has 0 saturated carbocycles. The summed E-state index contributed by atoms with van der Waals surface area (Å²) in [6, 6.07) is 15.3. The first-order chi connectivity index (χ1) is 11.7. The van der Waals surface area contributed by atoms with Crippen molar-refractivity contribution in [2.24, 2.45) is 4.99 Å². The van der Waals surface area contributed by atoms with Gasteiger partial charge in [0.25, 0.3) is 5.91 Å². The molecule has 5 heteroatoms. The van der Waals surface area contributed by atoms with Crippen molar-refractivity contribution < 1.29 is 4.79 Å². The van der Waals surface area contributed by atoms with Crippen LogP contribution in [-0.2, 0) is 11.3 Å². The van der Waals surface area contributed by atoms with Crippen molar-refractivity contribution in [3.8, 4) is 0 Å². The maximum Gasteiger partial charge on any atom is 0.272 e. The molecule has 0 aliphatic rings. The number of fused-ring (bicyclic) bond motifs is 1. The van der Waals surface area contributed by atoms with Crippen LogP contribution in [0.25, 0.3) is 16.3 Å². The maximum atomic E-state index is 12.2. The summed E-state index contributed by atoms with van der Waals surface area (Å²) in [4.78, 5) is 17.1. The molecule has 1 aromatic heterocycles. The molecular formula is C19H15ClN2OS. The van der Waals surface area contributed by atoms with Gasteiger partial charge in [0, 0.05) is 17.6 Å². The minimum atomic E-state index is -0.320. The lowest BCUT2D eigenvalue weighted by molar-refractivity contribution is -0.113. The number of thiazole rings is 1. The van der Waals surface area contributed by atoms with E-state index in [9.17, 15) is 4.79 Å². The number of rotatable bonds is 4. The van der Waals surface area contributed by atoms with E-state index in [4.69, 9.17) is 11.6 Å². The molecule has 0 saturated heterocycles. The van der Waals surface area contributed by atoms with Crippen molar-refractivity contribution in [1.29, 1.82) is 0 Å². The van der Waals surface area contributed by atoms with Gasteiger partial charge in [0.05, 0.1) is 10.2 Å². The maximum absolute atomic E-state index is 12.2. The second kappa shape index (κ2) is 7.43. The highest BCUT2D eigenvalue weighted by Gasteiger charge is 2.05. The highest BCUT2D eigenvalue weighted by atomic mass is 35.5. The van der Waals surface area contributed by atoms with Gasteiger partial charge < -0.3 is 4.57 Å². The number of benzene rings is 2. The second-order valence-electron chi connectivity index (χ2n) is 5.06. The zero-order valence-electron chi connectivity index (χ0n) is 12.9. The number of amides is 1. The number of carbonyl (C=O) groups excluding carboxylic acids is 1. The fourth-order valence-corrected chi connectivity index (χ4v) is 3.56. The van der Waals surface area contributed by atoms with Gasteiger partial charge in [-0.3, -0.25) is 4.79 Å². The molecule has 0 bridgehead atoms. The Bertz CT molecular complexity index is 998. The third-order valence-electron chi connectivity index (χ3n) is 3.42. The van der Waals surface area contributed by atoms with E-state index in [-0.39, 0.29) is 5.91 Å². The molecule has 0 radical (unpaired) electrons. The van der Waals surface area contributed by atoms with Crippen molar-refractivity contribution in [2.75, 3.05) is 0 Å². The predicted octanol–water partition coefficient (Wildman–Crippen LogP) is 4.68. The van der Waals surface area contributed by atoms with Crippen LogP contribution in [0.4, 0.5) is 0 Å². The van der Waals surface area contributed by atoms with Crippen molar-refractivity contribution in [2.45, 2.75) is 6.54 Å². The minimum absolute atomic E-state index is 0.320. The lowest BCUT2D eigenvalue weighted by atomic mass is 10.2. The average molecular weight is 355 g/mol. The van der Waals surface area contributed by atoms with Crippen LogP contribution in [0.3, 0.4) is 0 Å². The molecule has 0 aliphatic heterocycles. The van der Waals surface area contributed by atoms with Crippen molar-refractivity contribution in [1.82, 2.24) is 4.57 Å². The van der Waals surface area contributed by atoms with Crippen molar-refractivity contribution in [3.05, 3.63) is 82.6 Å². The summed E-state index contributed by atoms with van der Waals surface area (Å²) < 4.78 is 3.06. The van der Waals surface area contributed by atoms with Crippen molar-refractivity contribution >= 4 is 45.1 Å². The number of nitrogens with zero attached hydrogens (tertiary/aromatic N) is 2. The number of hydrogen-bond acceptors (Lipinski definition) is 2. The highest BCUT2D eigenvalue weighted by molar-refractivity contribution is 7.16. The smallest absolute Gasteiger partial charge is 0.272 e. The van der Waals surface area contributed by atoms with Crippen LogP contribution in [0.5, 0.6) is 0 Å². The molecule has 3 aromatic rings. The Morgan fingerprint density at radius 2 is 1.96 bits per heavy atom. The molecule has 24 heavy (non-hydrogen) atoms. The quantitative estimate of drug-likeness (QED) is 0.494. The van der Waals surface area contributed by atoms with E-state index in [0.29, 0.717) is 16.4 Å². The van der Waals surface area contributed by atoms with Crippen LogP contribution in [0, 0.1) is 0 Å². The van der Waals surface area contributed by atoms with Crippen LogP contribution < -0.4 is 4.80 Å². The normalized spacial score (nSPS) is 12.1. The molecule has 1 amide bonds.